The Balaban J connectivity index is 1.99. The Bertz CT molecular complexity index is 1240. The zero-order valence-electron chi connectivity index (χ0n) is 18.4. The molecule has 1 unspecified atom stereocenters. The number of imidazole rings is 1. The first-order valence-electron chi connectivity index (χ1n) is 10.1. The van der Waals surface area contributed by atoms with Gasteiger partial charge in [-0.25, -0.2) is 4.79 Å². The summed E-state index contributed by atoms with van der Waals surface area (Å²) in [6.07, 6.45) is 0. The van der Waals surface area contributed by atoms with Crippen molar-refractivity contribution in [2.45, 2.75) is 20.0 Å². The summed E-state index contributed by atoms with van der Waals surface area (Å²) in [7, 11) is 6.39. The van der Waals surface area contributed by atoms with Gasteiger partial charge in [0.2, 0.25) is 5.95 Å². The van der Waals surface area contributed by atoms with Crippen LogP contribution < -0.4 is 25.6 Å². The van der Waals surface area contributed by atoms with Crippen molar-refractivity contribution < 1.29 is 14.2 Å². The summed E-state index contributed by atoms with van der Waals surface area (Å²) in [6, 6.07) is 5.56. The molecule has 1 aliphatic heterocycles. The molecule has 1 aliphatic rings. The van der Waals surface area contributed by atoms with Crippen molar-refractivity contribution in [1.82, 2.24) is 18.7 Å². The fourth-order valence-electron chi connectivity index (χ4n) is 4.10. The number of hydrogen-bond donors (Lipinski definition) is 0. The molecule has 0 N–H and O–H groups in total. The summed E-state index contributed by atoms with van der Waals surface area (Å²) in [5.41, 5.74) is 0.782. The second kappa shape index (κ2) is 8.10. The first-order chi connectivity index (χ1) is 14.9. The van der Waals surface area contributed by atoms with E-state index in [4.69, 9.17) is 19.2 Å². The van der Waals surface area contributed by atoms with Gasteiger partial charge < -0.3 is 23.7 Å². The predicted octanol–water partition coefficient (Wildman–Crippen LogP) is 1.35. The summed E-state index contributed by atoms with van der Waals surface area (Å²) in [6.45, 7) is 3.86. The molecule has 2 aromatic heterocycles. The summed E-state index contributed by atoms with van der Waals surface area (Å²) in [4.78, 5) is 32.8. The molecule has 10 heteroatoms. The molecule has 4 rings (SSSR count). The Morgan fingerprint density at radius 2 is 1.90 bits per heavy atom. The number of methoxy groups -OCH3 is 3. The molecule has 10 nitrogen and oxygen atoms in total. The normalized spacial score (nSPS) is 15.9. The first-order valence-corrected chi connectivity index (χ1v) is 10.1. The third-order valence-electron chi connectivity index (χ3n) is 5.64. The fourth-order valence-corrected chi connectivity index (χ4v) is 4.10. The van der Waals surface area contributed by atoms with Crippen molar-refractivity contribution in [1.29, 1.82) is 0 Å². The molecule has 0 saturated carbocycles. The van der Waals surface area contributed by atoms with Crippen LogP contribution >= 0.6 is 0 Å². The molecule has 0 aliphatic carbocycles. The van der Waals surface area contributed by atoms with Gasteiger partial charge in [-0.05, 0) is 18.1 Å². The summed E-state index contributed by atoms with van der Waals surface area (Å²) >= 11 is 0. The van der Waals surface area contributed by atoms with Crippen molar-refractivity contribution in [2.24, 2.45) is 13.0 Å². The van der Waals surface area contributed by atoms with Gasteiger partial charge in [-0.3, -0.25) is 13.9 Å². The minimum atomic E-state index is -0.413. The lowest BCUT2D eigenvalue weighted by atomic mass is 10.1. The number of hydrogen-bond acceptors (Lipinski definition) is 7. The highest BCUT2D eigenvalue weighted by Gasteiger charge is 2.31. The van der Waals surface area contributed by atoms with Gasteiger partial charge in [-0.2, -0.15) is 4.98 Å². The minimum absolute atomic E-state index is 0.182. The lowest BCUT2D eigenvalue weighted by molar-refractivity contribution is 0.184. The maximum absolute atomic E-state index is 13.3. The van der Waals surface area contributed by atoms with Gasteiger partial charge >= 0.3 is 5.69 Å². The van der Waals surface area contributed by atoms with Crippen molar-refractivity contribution in [3.8, 4) is 11.5 Å². The third kappa shape index (κ3) is 3.36. The van der Waals surface area contributed by atoms with Crippen LogP contribution in [0.25, 0.3) is 11.2 Å². The van der Waals surface area contributed by atoms with E-state index in [9.17, 15) is 9.59 Å². The topological polar surface area (TPSA) is 92.8 Å². The fraction of sp³-hybridized carbons (Fsp3) is 0.476. The van der Waals surface area contributed by atoms with Gasteiger partial charge in [-0.1, -0.05) is 6.92 Å². The van der Waals surface area contributed by atoms with Gasteiger partial charge in [0.1, 0.15) is 11.5 Å². The van der Waals surface area contributed by atoms with Gasteiger partial charge in [-0.15, -0.1) is 0 Å². The number of nitrogens with zero attached hydrogens (tertiary/aromatic N) is 5. The van der Waals surface area contributed by atoms with Crippen molar-refractivity contribution in [3.05, 3.63) is 39.0 Å². The Morgan fingerprint density at radius 1 is 1.13 bits per heavy atom. The second-order valence-corrected chi connectivity index (χ2v) is 7.74. The van der Waals surface area contributed by atoms with E-state index in [-0.39, 0.29) is 24.6 Å². The molecule has 0 saturated heterocycles. The quantitative estimate of drug-likeness (QED) is 0.584. The van der Waals surface area contributed by atoms with Crippen LogP contribution in [-0.2, 0) is 24.9 Å². The number of benzene rings is 1. The number of ether oxygens (including phenoxy) is 3. The third-order valence-corrected chi connectivity index (χ3v) is 5.64. The highest BCUT2D eigenvalue weighted by molar-refractivity contribution is 5.78. The lowest BCUT2D eigenvalue weighted by Gasteiger charge is -2.33. The van der Waals surface area contributed by atoms with Crippen LogP contribution in [0.4, 0.5) is 11.6 Å². The van der Waals surface area contributed by atoms with E-state index >= 15 is 0 Å². The Kier molecular flexibility index (Phi) is 5.48. The van der Waals surface area contributed by atoms with E-state index in [0.717, 1.165) is 5.69 Å². The first kappa shape index (κ1) is 21.0. The molecule has 31 heavy (non-hydrogen) atoms. The molecule has 166 valence electrons. The largest absolute Gasteiger partial charge is 0.497 e. The maximum Gasteiger partial charge on any atom is 0.332 e. The van der Waals surface area contributed by atoms with Crippen LogP contribution in [0, 0.1) is 5.92 Å². The average molecular weight is 429 g/mol. The van der Waals surface area contributed by atoms with Gasteiger partial charge in [0.25, 0.3) is 5.56 Å². The van der Waals surface area contributed by atoms with Crippen molar-refractivity contribution in [3.63, 3.8) is 0 Å². The molecule has 0 fully saturated rings. The molecular formula is C21H27N5O5. The van der Waals surface area contributed by atoms with E-state index in [2.05, 4.69) is 6.92 Å². The molecule has 0 radical (unpaired) electrons. The van der Waals surface area contributed by atoms with Crippen LogP contribution in [0.1, 0.15) is 6.92 Å². The number of fused-ring (bicyclic) bond motifs is 3. The number of rotatable bonds is 6. The van der Waals surface area contributed by atoms with E-state index in [1.807, 2.05) is 27.7 Å². The zero-order chi connectivity index (χ0) is 22.3. The van der Waals surface area contributed by atoms with Crippen molar-refractivity contribution in [2.75, 3.05) is 39.4 Å². The zero-order valence-corrected chi connectivity index (χ0v) is 18.4. The van der Waals surface area contributed by atoms with Crippen LogP contribution in [0.5, 0.6) is 11.5 Å². The number of aromatic nitrogens is 4. The molecule has 3 heterocycles. The molecule has 1 atom stereocenters. The highest BCUT2D eigenvalue weighted by atomic mass is 16.5. The Hall–Kier alpha value is -3.27. The minimum Gasteiger partial charge on any atom is -0.497 e. The number of anilines is 2. The SMILES string of the molecule is COCCn1c(=O)c2c(nc3n2CC(C)CN3c2cc(OC)ccc2OC)n(C)c1=O. The summed E-state index contributed by atoms with van der Waals surface area (Å²) in [5.74, 6) is 2.17. The van der Waals surface area contributed by atoms with Gasteiger partial charge in [0, 0.05) is 33.3 Å². The Labute approximate surface area is 179 Å². The summed E-state index contributed by atoms with van der Waals surface area (Å²) in [5, 5.41) is 0. The van der Waals surface area contributed by atoms with E-state index in [0.29, 0.717) is 41.7 Å². The smallest absolute Gasteiger partial charge is 0.332 e. The highest BCUT2D eigenvalue weighted by Crippen LogP contribution is 2.39. The van der Waals surface area contributed by atoms with E-state index in [1.54, 1.807) is 21.3 Å². The second-order valence-electron chi connectivity index (χ2n) is 7.74. The Morgan fingerprint density at radius 3 is 2.58 bits per heavy atom. The molecular weight excluding hydrogens is 402 g/mol. The lowest BCUT2D eigenvalue weighted by Crippen LogP contribution is -2.41. The van der Waals surface area contributed by atoms with Crippen LogP contribution in [0.2, 0.25) is 0 Å². The van der Waals surface area contributed by atoms with Gasteiger partial charge in [0.05, 0.1) is 33.1 Å². The maximum atomic E-state index is 13.3. The molecule has 0 bridgehead atoms. The van der Waals surface area contributed by atoms with Crippen molar-refractivity contribution >= 4 is 22.8 Å². The van der Waals surface area contributed by atoms with Crippen LogP contribution in [-0.4, -0.2) is 53.2 Å². The molecule has 0 spiro atoms. The average Bonchev–Trinajstić information content (AvgIpc) is 3.16. The van der Waals surface area contributed by atoms with Crippen LogP contribution in [0.15, 0.2) is 27.8 Å². The number of aryl methyl sites for hydroxylation is 1. The molecule has 3 aromatic rings. The molecule has 0 amide bonds. The van der Waals surface area contributed by atoms with E-state index in [1.165, 1.54) is 16.2 Å². The monoisotopic (exact) mass is 429 g/mol. The van der Waals surface area contributed by atoms with Gasteiger partial charge in [0.15, 0.2) is 11.2 Å². The predicted molar refractivity (Wildman–Crippen MR) is 117 cm³/mol. The van der Waals surface area contributed by atoms with E-state index < -0.39 is 5.69 Å². The summed E-state index contributed by atoms with van der Waals surface area (Å²) < 4.78 is 20.6. The standard InChI is InChI=1S/C21H27N5O5/c1-13-11-25(15-10-14(30-4)6-7-16(15)31-5)20-22-18-17(26(20)12-13)19(27)24(8-9-29-3)21(28)23(18)2/h6-7,10,13H,8-9,11-12H2,1-5H3. The molecule has 1 aromatic carbocycles. The van der Waals surface area contributed by atoms with Crippen LogP contribution in [0.3, 0.4) is 0 Å².